The molecule has 5 nitrogen and oxygen atoms in total. The number of hydrogen-bond donors (Lipinski definition) is 2. The number of urea groups is 1. The third-order valence-corrected chi connectivity index (χ3v) is 4.33. The predicted octanol–water partition coefficient (Wildman–Crippen LogP) is 1.63. The third-order valence-electron chi connectivity index (χ3n) is 3.14. The Morgan fingerprint density at radius 1 is 1.56 bits per heavy atom. The van der Waals surface area contributed by atoms with Gasteiger partial charge in [0.25, 0.3) is 0 Å². The lowest BCUT2D eigenvalue weighted by Crippen LogP contribution is -2.49. The maximum atomic E-state index is 11.9. The Kier molecular flexibility index (Phi) is 6.32. The second-order valence-corrected chi connectivity index (χ2v) is 5.88. The predicted molar refractivity (Wildman–Crippen MR) is 72.9 cm³/mol. The molecule has 1 aliphatic rings. The van der Waals surface area contributed by atoms with Crippen molar-refractivity contribution < 1.29 is 14.7 Å². The Hall–Kier alpha value is -0.910. The molecule has 6 heteroatoms. The Balaban J connectivity index is 2.18. The fraction of sp³-hybridized carbons (Fsp3) is 0.833. The fourth-order valence-electron chi connectivity index (χ4n) is 1.86. The van der Waals surface area contributed by atoms with Crippen LogP contribution in [0.25, 0.3) is 0 Å². The van der Waals surface area contributed by atoms with Gasteiger partial charge in [-0.2, -0.15) is 11.8 Å². The van der Waals surface area contributed by atoms with Crippen LogP contribution in [-0.4, -0.2) is 52.6 Å². The SMILES string of the molecule is CC(CCCNC(=O)N1CCSCC1C)C(=O)O. The van der Waals surface area contributed by atoms with Crippen LogP contribution in [0, 0.1) is 5.92 Å². The number of amides is 2. The Labute approximate surface area is 112 Å². The molecule has 2 atom stereocenters. The molecule has 2 unspecified atom stereocenters. The second-order valence-electron chi connectivity index (χ2n) is 4.73. The number of carbonyl (C=O) groups is 2. The topological polar surface area (TPSA) is 69.6 Å². The summed E-state index contributed by atoms with van der Waals surface area (Å²) in [6.07, 6.45) is 1.30. The first-order valence-electron chi connectivity index (χ1n) is 6.37. The van der Waals surface area contributed by atoms with Crippen LogP contribution in [0.4, 0.5) is 4.79 Å². The van der Waals surface area contributed by atoms with Gasteiger partial charge in [-0.1, -0.05) is 6.92 Å². The van der Waals surface area contributed by atoms with Gasteiger partial charge in [0, 0.05) is 30.6 Å². The molecule has 0 spiro atoms. The molecule has 1 aliphatic heterocycles. The Morgan fingerprint density at radius 3 is 2.89 bits per heavy atom. The van der Waals surface area contributed by atoms with Crippen molar-refractivity contribution in [1.82, 2.24) is 10.2 Å². The molecule has 2 amide bonds. The van der Waals surface area contributed by atoms with Crippen molar-refractivity contribution in [2.24, 2.45) is 5.92 Å². The van der Waals surface area contributed by atoms with Crippen molar-refractivity contribution in [2.75, 3.05) is 24.6 Å². The molecule has 0 aromatic heterocycles. The summed E-state index contributed by atoms with van der Waals surface area (Å²) in [4.78, 5) is 24.4. The lowest BCUT2D eigenvalue weighted by Gasteiger charge is -2.33. The maximum absolute atomic E-state index is 11.9. The Bertz CT molecular complexity index is 299. The first-order chi connectivity index (χ1) is 8.52. The number of hydrogen-bond acceptors (Lipinski definition) is 3. The summed E-state index contributed by atoms with van der Waals surface area (Å²) < 4.78 is 0. The average molecular weight is 274 g/mol. The van der Waals surface area contributed by atoms with Crippen LogP contribution in [0.1, 0.15) is 26.7 Å². The highest BCUT2D eigenvalue weighted by molar-refractivity contribution is 7.99. The first-order valence-corrected chi connectivity index (χ1v) is 7.53. The largest absolute Gasteiger partial charge is 0.481 e. The molecule has 0 aromatic rings. The third kappa shape index (κ3) is 4.76. The van der Waals surface area contributed by atoms with Crippen LogP contribution in [0.3, 0.4) is 0 Å². The second kappa shape index (κ2) is 7.51. The summed E-state index contributed by atoms with van der Waals surface area (Å²) in [6.45, 7) is 5.09. The molecule has 2 N–H and O–H groups in total. The van der Waals surface area contributed by atoms with Gasteiger partial charge in [-0.05, 0) is 19.8 Å². The molecular formula is C12H22N2O3S. The van der Waals surface area contributed by atoms with Crippen LogP contribution in [0.15, 0.2) is 0 Å². The number of carbonyl (C=O) groups excluding carboxylic acids is 1. The van der Waals surface area contributed by atoms with E-state index in [1.165, 1.54) is 0 Å². The van der Waals surface area contributed by atoms with E-state index in [1.54, 1.807) is 6.92 Å². The highest BCUT2D eigenvalue weighted by atomic mass is 32.2. The van der Waals surface area contributed by atoms with E-state index in [0.29, 0.717) is 19.4 Å². The van der Waals surface area contributed by atoms with Gasteiger partial charge in [0.1, 0.15) is 0 Å². The van der Waals surface area contributed by atoms with Gasteiger partial charge < -0.3 is 15.3 Å². The summed E-state index contributed by atoms with van der Waals surface area (Å²) in [7, 11) is 0. The van der Waals surface area contributed by atoms with E-state index in [1.807, 2.05) is 16.7 Å². The molecule has 0 aliphatic carbocycles. The maximum Gasteiger partial charge on any atom is 0.317 e. The van der Waals surface area contributed by atoms with E-state index in [0.717, 1.165) is 18.1 Å². The van der Waals surface area contributed by atoms with E-state index >= 15 is 0 Å². The summed E-state index contributed by atoms with van der Waals surface area (Å²) in [5.74, 6) is 0.868. The van der Waals surface area contributed by atoms with Gasteiger partial charge in [-0.15, -0.1) is 0 Å². The van der Waals surface area contributed by atoms with Gasteiger partial charge >= 0.3 is 12.0 Å². The van der Waals surface area contributed by atoms with Gasteiger partial charge in [0.15, 0.2) is 0 Å². The molecule has 0 bridgehead atoms. The van der Waals surface area contributed by atoms with Crippen molar-refractivity contribution in [1.29, 1.82) is 0 Å². The number of nitrogens with one attached hydrogen (secondary N) is 1. The van der Waals surface area contributed by atoms with E-state index in [-0.39, 0.29) is 18.0 Å². The Morgan fingerprint density at radius 2 is 2.28 bits per heavy atom. The molecule has 18 heavy (non-hydrogen) atoms. The minimum Gasteiger partial charge on any atom is -0.481 e. The smallest absolute Gasteiger partial charge is 0.317 e. The zero-order valence-electron chi connectivity index (χ0n) is 11.0. The van der Waals surface area contributed by atoms with Crippen molar-refractivity contribution >= 4 is 23.8 Å². The minimum atomic E-state index is -0.775. The van der Waals surface area contributed by atoms with E-state index in [4.69, 9.17) is 5.11 Å². The van der Waals surface area contributed by atoms with E-state index in [9.17, 15) is 9.59 Å². The monoisotopic (exact) mass is 274 g/mol. The number of carboxylic acids is 1. The number of thioether (sulfide) groups is 1. The highest BCUT2D eigenvalue weighted by Crippen LogP contribution is 2.15. The molecule has 0 aromatic carbocycles. The zero-order chi connectivity index (χ0) is 13.5. The normalized spacial score (nSPS) is 21.4. The molecule has 0 radical (unpaired) electrons. The molecular weight excluding hydrogens is 252 g/mol. The lowest BCUT2D eigenvalue weighted by atomic mass is 10.1. The molecule has 1 heterocycles. The summed E-state index contributed by atoms with van der Waals surface area (Å²) in [6, 6.07) is 0.257. The van der Waals surface area contributed by atoms with Crippen LogP contribution >= 0.6 is 11.8 Å². The van der Waals surface area contributed by atoms with Crippen LogP contribution in [0.2, 0.25) is 0 Å². The van der Waals surface area contributed by atoms with Crippen molar-refractivity contribution in [3.05, 3.63) is 0 Å². The number of rotatable bonds is 5. The minimum absolute atomic E-state index is 0.0224. The van der Waals surface area contributed by atoms with Crippen molar-refractivity contribution in [3.63, 3.8) is 0 Å². The summed E-state index contributed by atoms with van der Waals surface area (Å²) in [5.41, 5.74) is 0. The van der Waals surface area contributed by atoms with E-state index in [2.05, 4.69) is 12.2 Å². The standard InChI is InChI=1S/C12H22N2O3S/c1-9(11(15)16)4-3-5-13-12(17)14-6-7-18-8-10(14)2/h9-10H,3-8H2,1-2H3,(H,13,17)(H,15,16). The van der Waals surface area contributed by atoms with Gasteiger partial charge in [0.05, 0.1) is 5.92 Å². The zero-order valence-corrected chi connectivity index (χ0v) is 11.8. The first kappa shape index (κ1) is 15.1. The lowest BCUT2D eigenvalue weighted by molar-refractivity contribution is -0.141. The quantitative estimate of drug-likeness (QED) is 0.748. The van der Waals surface area contributed by atoms with Crippen molar-refractivity contribution in [3.8, 4) is 0 Å². The summed E-state index contributed by atoms with van der Waals surface area (Å²) in [5, 5.41) is 11.6. The summed E-state index contributed by atoms with van der Waals surface area (Å²) >= 11 is 1.87. The number of aliphatic carboxylic acids is 1. The van der Waals surface area contributed by atoms with E-state index < -0.39 is 5.97 Å². The molecule has 1 fully saturated rings. The molecule has 0 saturated carbocycles. The molecule has 1 rings (SSSR count). The highest BCUT2D eigenvalue weighted by Gasteiger charge is 2.22. The van der Waals surface area contributed by atoms with Crippen LogP contribution in [0.5, 0.6) is 0 Å². The van der Waals surface area contributed by atoms with Gasteiger partial charge in [-0.3, -0.25) is 4.79 Å². The van der Waals surface area contributed by atoms with Crippen LogP contribution in [-0.2, 0) is 4.79 Å². The number of nitrogens with zero attached hydrogens (tertiary/aromatic N) is 1. The number of carboxylic acid groups (broad SMARTS) is 1. The van der Waals surface area contributed by atoms with Gasteiger partial charge in [-0.25, -0.2) is 4.79 Å². The van der Waals surface area contributed by atoms with Gasteiger partial charge in [0.2, 0.25) is 0 Å². The fourth-order valence-corrected chi connectivity index (χ4v) is 2.87. The average Bonchev–Trinajstić information content (AvgIpc) is 2.34. The van der Waals surface area contributed by atoms with Crippen LogP contribution < -0.4 is 5.32 Å². The molecule has 1 saturated heterocycles. The molecule has 104 valence electrons. The van der Waals surface area contributed by atoms with Crippen molar-refractivity contribution in [2.45, 2.75) is 32.7 Å².